The van der Waals surface area contributed by atoms with Gasteiger partial charge in [0, 0.05) is 16.4 Å². The summed E-state index contributed by atoms with van der Waals surface area (Å²) in [4.78, 5) is 0.440. The van der Waals surface area contributed by atoms with Crippen LogP contribution in [0.5, 0.6) is 0 Å². The Morgan fingerprint density at radius 3 is 2.71 bits per heavy atom. The number of rotatable bonds is 0. The molecule has 0 atom stereocenters. The maximum atomic E-state index is 12.4. The normalized spacial score (nSPS) is 24.3. The number of halogens is 1. The van der Waals surface area contributed by atoms with E-state index in [4.69, 9.17) is 0 Å². The average Bonchev–Trinajstić information content (AvgIpc) is 2.34. The van der Waals surface area contributed by atoms with Crippen molar-refractivity contribution in [2.45, 2.75) is 24.2 Å². The molecule has 5 heteroatoms. The van der Waals surface area contributed by atoms with E-state index < -0.39 is 9.84 Å². The van der Waals surface area contributed by atoms with Crippen LogP contribution in [0.25, 0.3) is 0 Å². The first-order chi connectivity index (χ1) is 8.03. The Kier molecular flexibility index (Phi) is 2.52. The lowest BCUT2D eigenvalue weighted by atomic mass is 9.70. The molecule has 17 heavy (non-hydrogen) atoms. The summed E-state index contributed by atoms with van der Waals surface area (Å²) < 4.78 is 25.6. The Hall–Kier alpha value is -0.550. The van der Waals surface area contributed by atoms with Crippen LogP contribution >= 0.6 is 15.9 Å². The monoisotopic (exact) mass is 315 g/mol. The Balaban J connectivity index is 2.13. The molecule has 1 saturated carbocycles. The highest BCUT2D eigenvalue weighted by molar-refractivity contribution is 9.10. The molecule has 0 aromatic heterocycles. The molecule has 0 unspecified atom stereocenters. The molecule has 0 radical (unpaired) electrons. The quantitative estimate of drug-likeness (QED) is 0.800. The van der Waals surface area contributed by atoms with Crippen molar-refractivity contribution in [1.29, 1.82) is 0 Å². The van der Waals surface area contributed by atoms with Crippen molar-refractivity contribution in [2.75, 3.05) is 17.6 Å². The van der Waals surface area contributed by atoms with Crippen molar-refractivity contribution < 1.29 is 8.42 Å². The van der Waals surface area contributed by atoms with Gasteiger partial charge in [-0.1, -0.05) is 12.5 Å². The Morgan fingerprint density at radius 1 is 1.29 bits per heavy atom. The zero-order chi connectivity index (χ0) is 12.1. The van der Waals surface area contributed by atoms with E-state index in [1.807, 2.05) is 6.07 Å². The maximum absolute atomic E-state index is 12.4. The summed E-state index contributed by atoms with van der Waals surface area (Å²) in [6, 6.07) is 5.35. The molecule has 3 rings (SSSR count). The lowest BCUT2D eigenvalue weighted by Crippen LogP contribution is -2.40. The fraction of sp³-hybridized carbons (Fsp3) is 0.500. The van der Waals surface area contributed by atoms with Gasteiger partial charge in [0.05, 0.1) is 16.3 Å². The third kappa shape index (κ3) is 1.80. The molecule has 0 saturated heterocycles. The number of para-hydroxylation sites is 1. The molecule has 1 aromatic rings. The summed E-state index contributed by atoms with van der Waals surface area (Å²) in [5.41, 5.74) is 0.702. The van der Waals surface area contributed by atoms with Crippen LogP contribution in [0.3, 0.4) is 0 Å². The van der Waals surface area contributed by atoms with Crippen LogP contribution in [0.4, 0.5) is 5.69 Å². The predicted molar refractivity (Wildman–Crippen MR) is 71.0 cm³/mol. The van der Waals surface area contributed by atoms with Gasteiger partial charge in [-0.25, -0.2) is 8.42 Å². The van der Waals surface area contributed by atoms with Crippen LogP contribution in [-0.2, 0) is 9.84 Å². The molecule has 1 aromatic carbocycles. The third-order valence-corrected chi connectivity index (χ3v) is 6.52. The molecule has 0 bridgehead atoms. The number of fused-ring (bicyclic) bond motifs is 1. The van der Waals surface area contributed by atoms with Gasteiger partial charge in [-0.2, -0.15) is 0 Å². The summed E-state index contributed by atoms with van der Waals surface area (Å²) in [6.07, 6.45) is 3.18. The first kappa shape index (κ1) is 11.5. The van der Waals surface area contributed by atoms with Crippen molar-refractivity contribution >= 4 is 31.5 Å². The van der Waals surface area contributed by atoms with Gasteiger partial charge in [0.25, 0.3) is 0 Å². The molecule has 1 aliphatic carbocycles. The molecular weight excluding hydrogens is 302 g/mol. The maximum Gasteiger partial charge on any atom is 0.181 e. The molecule has 1 aliphatic heterocycles. The average molecular weight is 316 g/mol. The number of sulfone groups is 1. The van der Waals surface area contributed by atoms with Crippen LogP contribution in [0, 0.1) is 5.41 Å². The zero-order valence-electron chi connectivity index (χ0n) is 9.37. The standard InChI is InChI=1S/C12H14BrNO2S/c13-9-3-1-4-10-11(9)14-7-12(5-2-6-12)8-17(10,15)16/h1,3-4,14H,2,5-8H2. The molecule has 2 aliphatic rings. The number of nitrogens with one attached hydrogen (secondary N) is 1. The van der Waals surface area contributed by atoms with E-state index in [-0.39, 0.29) is 11.2 Å². The van der Waals surface area contributed by atoms with Gasteiger partial charge in [0.1, 0.15) is 0 Å². The van der Waals surface area contributed by atoms with Crippen molar-refractivity contribution in [3.8, 4) is 0 Å². The third-order valence-electron chi connectivity index (χ3n) is 3.86. The number of benzene rings is 1. The summed E-state index contributed by atoms with van der Waals surface area (Å²) >= 11 is 3.42. The molecule has 92 valence electrons. The van der Waals surface area contributed by atoms with Gasteiger partial charge in [0.2, 0.25) is 0 Å². The molecule has 0 amide bonds. The van der Waals surface area contributed by atoms with Gasteiger partial charge in [-0.15, -0.1) is 0 Å². The van der Waals surface area contributed by atoms with Crippen LogP contribution < -0.4 is 5.32 Å². The van der Waals surface area contributed by atoms with Gasteiger partial charge in [-0.3, -0.25) is 0 Å². The highest BCUT2D eigenvalue weighted by Gasteiger charge is 2.43. The van der Waals surface area contributed by atoms with Gasteiger partial charge in [-0.05, 0) is 40.9 Å². The van der Waals surface area contributed by atoms with E-state index in [2.05, 4.69) is 21.2 Å². The highest BCUT2D eigenvalue weighted by atomic mass is 79.9. The molecule has 1 fully saturated rings. The van der Waals surface area contributed by atoms with E-state index in [0.29, 0.717) is 4.90 Å². The van der Waals surface area contributed by atoms with E-state index in [1.165, 1.54) is 0 Å². The minimum atomic E-state index is -3.16. The summed E-state index contributed by atoms with van der Waals surface area (Å²) in [5, 5.41) is 3.32. The minimum Gasteiger partial charge on any atom is -0.382 e. The lowest BCUT2D eigenvalue weighted by Gasteiger charge is -2.40. The van der Waals surface area contributed by atoms with E-state index in [9.17, 15) is 8.42 Å². The Bertz CT molecular complexity index is 564. The summed E-state index contributed by atoms with van der Waals surface area (Å²) in [5.74, 6) is 0.288. The van der Waals surface area contributed by atoms with Crippen molar-refractivity contribution in [3.05, 3.63) is 22.7 Å². The van der Waals surface area contributed by atoms with Crippen LogP contribution in [0.15, 0.2) is 27.6 Å². The second kappa shape index (κ2) is 3.72. The molecule has 1 N–H and O–H groups in total. The van der Waals surface area contributed by atoms with Crippen LogP contribution in [0.2, 0.25) is 0 Å². The summed E-state index contributed by atoms with van der Waals surface area (Å²) in [7, 11) is -3.16. The number of hydrogen-bond donors (Lipinski definition) is 1. The Morgan fingerprint density at radius 2 is 2.06 bits per heavy atom. The minimum absolute atomic E-state index is 0.0305. The van der Waals surface area contributed by atoms with Crippen molar-refractivity contribution in [3.63, 3.8) is 0 Å². The lowest BCUT2D eigenvalue weighted by molar-refractivity contribution is 0.184. The Labute approximate surface area is 110 Å². The van der Waals surface area contributed by atoms with Crippen molar-refractivity contribution in [1.82, 2.24) is 0 Å². The molecule has 3 nitrogen and oxygen atoms in total. The topological polar surface area (TPSA) is 46.2 Å². The second-order valence-electron chi connectivity index (χ2n) is 5.08. The smallest absolute Gasteiger partial charge is 0.181 e. The molecule has 1 heterocycles. The fourth-order valence-electron chi connectivity index (χ4n) is 2.74. The van der Waals surface area contributed by atoms with Crippen LogP contribution in [0.1, 0.15) is 19.3 Å². The van der Waals surface area contributed by atoms with E-state index in [1.54, 1.807) is 12.1 Å². The molecule has 1 spiro atoms. The van der Waals surface area contributed by atoms with Gasteiger partial charge in [0.15, 0.2) is 9.84 Å². The van der Waals surface area contributed by atoms with Gasteiger partial charge >= 0.3 is 0 Å². The number of hydrogen-bond acceptors (Lipinski definition) is 3. The summed E-state index contributed by atoms with van der Waals surface area (Å²) in [6.45, 7) is 0.766. The fourth-order valence-corrected chi connectivity index (χ4v) is 5.51. The first-order valence-electron chi connectivity index (χ1n) is 5.78. The molecular formula is C12H14BrNO2S. The second-order valence-corrected chi connectivity index (χ2v) is 7.89. The largest absolute Gasteiger partial charge is 0.382 e. The van der Waals surface area contributed by atoms with Crippen LogP contribution in [-0.4, -0.2) is 20.7 Å². The van der Waals surface area contributed by atoms with Gasteiger partial charge < -0.3 is 5.32 Å². The van der Waals surface area contributed by atoms with Crippen molar-refractivity contribution in [2.24, 2.45) is 5.41 Å². The zero-order valence-corrected chi connectivity index (χ0v) is 11.8. The SMILES string of the molecule is O=S1(=O)CC2(CCC2)CNc2c(Br)cccc21. The van der Waals surface area contributed by atoms with E-state index >= 15 is 0 Å². The first-order valence-corrected chi connectivity index (χ1v) is 8.22. The predicted octanol–water partition coefficient (Wildman–Crippen LogP) is 2.82. The van der Waals surface area contributed by atoms with E-state index in [0.717, 1.165) is 36.0 Å². The number of anilines is 1. The highest BCUT2D eigenvalue weighted by Crippen LogP contribution is 2.46.